The highest BCUT2D eigenvalue weighted by Crippen LogP contribution is 2.20. The van der Waals surface area contributed by atoms with Crippen LogP contribution in [-0.2, 0) is 16.1 Å². The molecule has 0 fully saturated rings. The highest BCUT2D eigenvalue weighted by Gasteiger charge is 2.11. The van der Waals surface area contributed by atoms with E-state index in [-0.39, 0.29) is 12.1 Å². The molecule has 0 bridgehead atoms. The highest BCUT2D eigenvalue weighted by atomic mass is 35.5. The van der Waals surface area contributed by atoms with Crippen LogP contribution in [0.5, 0.6) is 0 Å². The van der Waals surface area contributed by atoms with E-state index in [1.807, 2.05) is 13.8 Å². The van der Waals surface area contributed by atoms with Gasteiger partial charge in [0.15, 0.2) is 6.61 Å². The van der Waals surface area contributed by atoms with E-state index in [4.69, 9.17) is 16.3 Å². The van der Waals surface area contributed by atoms with E-state index < -0.39 is 18.5 Å². The molecule has 3 N–H and O–H groups in total. The number of benzene rings is 2. The van der Waals surface area contributed by atoms with Crippen LogP contribution >= 0.6 is 11.6 Å². The summed E-state index contributed by atoms with van der Waals surface area (Å²) in [5.74, 6) is -1.11. The van der Waals surface area contributed by atoms with Crippen molar-refractivity contribution in [2.24, 2.45) is 0 Å². The zero-order valence-electron chi connectivity index (χ0n) is 15.6. The summed E-state index contributed by atoms with van der Waals surface area (Å²) in [4.78, 5) is 35.5. The molecule has 0 saturated heterocycles. The van der Waals surface area contributed by atoms with Crippen molar-refractivity contribution >= 4 is 35.2 Å². The van der Waals surface area contributed by atoms with E-state index in [9.17, 15) is 14.4 Å². The Bertz CT molecular complexity index is 838. The maximum Gasteiger partial charge on any atom is 0.338 e. The van der Waals surface area contributed by atoms with Crippen molar-refractivity contribution in [3.63, 3.8) is 0 Å². The molecule has 0 atom stereocenters. The van der Waals surface area contributed by atoms with Gasteiger partial charge in [0, 0.05) is 12.6 Å². The maximum absolute atomic E-state index is 12.1. The molecule has 0 heterocycles. The van der Waals surface area contributed by atoms with E-state index >= 15 is 0 Å². The summed E-state index contributed by atoms with van der Waals surface area (Å²) in [5, 5.41) is 8.41. The normalized spacial score (nSPS) is 10.3. The zero-order valence-corrected chi connectivity index (χ0v) is 16.4. The quantitative estimate of drug-likeness (QED) is 0.617. The summed E-state index contributed by atoms with van der Waals surface area (Å²) in [5.41, 5.74) is 1.58. The molecule has 0 spiro atoms. The van der Waals surface area contributed by atoms with Crippen LogP contribution in [0.1, 0.15) is 29.8 Å². The summed E-state index contributed by atoms with van der Waals surface area (Å²) in [6, 6.07) is 13.1. The van der Waals surface area contributed by atoms with Gasteiger partial charge in [0.2, 0.25) is 0 Å². The molecule has 2 rings (SSSR count). The number of hydrogen-bond donors (Lipinski definition) is 3. The van der Waals surface area contributed by atoms with Gasteiger partial charge in [-0.25, -0.2) is 9.59 Å². The minimum atomic E-state index is -0.619. The number of urea groups is 1. The topological polar surface area (TPSA) is 96.5 Å². The van der Waals surface area contributed by atoms with Gasteiger partial charge >= 0.3 is 12.0 Å². The van der Waals surface area contributed by atoms with Crippen LogP contribution in [0.4, 0.5) is 10.5 Å². The monoisotopic (exact) mass is 403 g/mol. The van der Waals surface area contributed by atoms with E-state index in [0.29, 0.717) is 22.8 Å². The van der Waals surface area contributed by atoms with E-state index in [1.54, 1.807) is 48.5 Å². The first-order chi connectivity index (χ1) is 13.3. The third kappa shape index (κ3) is 6.92. The van der Waals surface area contributed by atoms with Crippen LogP contribution in [0.3, 0.4) is 0 Å². The Morgan fingerprint density at radius 1 is 1.04 bits per heavy atom. The molecular formula is C20H22ClN3O4. The lowest BCUT2D eigenvalue weighted by molar-refractivity contribution is -0.119. The molecule has 0 aliphatic rings. The average Bonchev–Trinajstić information content (AvgIpc) is 2.66. The van der Waals surface area contributed by atoms with E-state index in [2.05, 4.69) is 16.0 Å². The molecule has 0 aliphatic carbocycles. The van der Waals surface area contributed by atoms with Crippen molar-refractivity contribution in [1.82, 2.24) is 10.6 Å². The second-order valence-electron chi connectivity index (χ2n) is 6.28. The summed E-state index contributed by atoms with van der Waals surface area (Å²) < 4.78 is 5.01. The molecule has 8 heteroatoms. The van der Waals surface area contributed by atoms with Crippen LogP contribution in [-0.4, -0.2) is 30.6 Å². The van der Waals surface area contributed by atoms with Crippen LogP contribution in [0.15, 0.2) is 48.5 Å². The number of para-hydroxylation sites is 1. The Morgan fingerprint density at radius 2 is 1.71 bits per heavy atom. The Kier molecular flexibility index (Phi) is 7.83. The van der Waals surface area contributed by atoms with Gasteiger partial charge < -0.3 is 20.7 Å². The standard InChI is InChI=1S/C20H22ClN3O4/c1-13(2)23-20(27)22-11-14-7-9-15(10-8-14)19(26)28-12-18(25)24-17-6-4-3-5-16(17)21/h3-10,13H,11-12H2,1-2H3,(H,24,25)(H2,22,23,27). The van der Waals surface area contributed by atoms with Gasteiger partial charge in [-0.3, -0.25) is 4.79 Å². The number of rotatable bonds is 7. The van der Waals surface area contributed by atoms with Gasteiger partial charge in [0.05, 0.1) is 16.3 Å². The van der Waals surface area contributed by atoms with Crippen LogP contribution in [0.25, 0.3) is 0 Å². The molecule has 0 unspecified atom stereocenters. The van der Waals surface area contributed by atoms with Gasteiger partial charge in [0.1, 0.15) is 0 Å². The maximum atomic E-state index is 12.1. The third-order valence-electron chi connectivity index (χ3n) is 3.54. The van der Waals surface area contributed by atoms with Crippen molar-refractivity contribution in [3.8, 4) is 0 Å². The second-order valence-corrected chi connectivity index (χ2v) is 6.69. The number of amides is 3. The molecule has 3 amide bonds. The lowest BCUT2D eigenvalue weighted by Crippen LogP contribution is -2.39. The van der Waals surface area contributed by atoms with Crippen LogP contribution in [0, 0.1) is 0 Å². The fraction of sp³-hybridized carbons (Fsp3) is 0.250. The van der Waals surface area contributed by atoms with Gasteiger partial charge in [0.25, 0.3) is 5.91 Å². The summed E-state index contributed by atoms with van der Waals surface area (Å²) >= 11 is 5.96. The Labute approximate surface area is 168 Å². The highest BCUT2D eigenvalue weighted by molar-refractivity contribution is 6.33. The lowest BCUT2D eigenvalue weighted by Gasteiger charge is -2.10. The van der Waals surface area contributed by atoms with Crippen LogP contribution in [0.2, 0.25) is 5.02 Å². The predicted octanol–water partition coefficient (Wildman–Crippen LogP) is 3.34. The SMILES string of the molecule is CC(C)NC(=O)NCc1ccc(C(=O)OCC(=O)Nc2ccccc2Cl)cc1. The number of nitrogens with one attached hydrogen (secondary N) is 3. The zero-order chi connectivity index (χ0) is 20.5. The van der Waals surface area contributed by atoms with Crippen LogP contribution < -0.4 is 16.0 Å². The minimum Gasteiger partial charge on any atom is -0.452 e. The van der Waals surface area contributed by atoms with Crippen molar-refractivity contribution in [3.05, 3.63) is 64.7 Å². The molecule has 0 saturated carbocycles. The largest absolute Gasteiger partial charge is 0.452 e. The molecule has 2 aromatic rings. The Morgan fingerprint density at radius 3 is 2.36 bits per heavy atom. The van der Waals surface area contributed by atoms with E-state index in [0.717, 1.165) is 5.56 Å². The van der Waals surface area contributed by atoms with Gasteiger partial charge in [-0.15, -0.1) is 0 Å². The number of ether oxygens (including phenoxy) is 1. The third-order valence-corrected chi connectivity index (χ3v) is 3.87. The van der Waals surface area contributed by atoms with Gasteiger partial charge in [-0.1, -0.05) is 35.9 Å². The minimum absolute atomic E-state index is 0.0484. The smallest absolute Gasteiger partial charge is 0.338 e. The van der Waals surface area contributed by atoms with Crippen molar-refractivity contribution in [1.29, 1.82) is 0 Å². The summed E-state index contributed by atoms with van der Waals surface area (Å²) in [6.45, 7) is 3.64. The Hall–Kier alpha value is -3.06. The summed E-state index contributed by atoms with van der Waals surface area (Å²) in [6.07, 6.45) is 0. The Balaban J connectivity index is 1.80. The average molecular weight is 404 g/mol. The molecule has 0 aromatic heterocycles. The van der Waals surface area contributed by atoms with Crippen molar-refractivity contribution in [2.45, 2.75) is 26.4 Å². The fourth-order valence-electron chi connectivity index (χ4n) is 2.22. The first-order valence-electron chi connectivity index (χ1n) is 8.70. The molecule has 0 aliphatic heterocycles. The van der Waals surface area contributed by atoms with E-state index in [1.165, 1.54) is 0 Å². The number of carbonyl (C=O) groups excluding carboxylic acids is 3. The fourth-order valence-corrected chi connectivity index (χ4v) is 2.40. The summed E-state index contributed by atoms with van der Waals surface area (Å²) in [7, 11) is 0. The second kappa shape index (κ2) is 10.3. The molecule has 2 aromatic carbocycles. The number of halogens is 1. The number of anilines is 1. The first-order valence-corrected chi connectivity index (χ1v) is 9.07. The van der Waals surface area contributed by atoms with Crippen molar-refractivity contribution < 1.29 is 19.1 Å². The molecule has 7 nitrogen and oxygen atoms in total. The number of carbonyl (C=O) groups is 3. The molecular weight excluding hydrogens is 382 g/mol. The van der Waals surface area contributed by atoms with Crippen molar-refractivity contribution in [2.75, 3.05) is 11.9 Å². The molecule has 148 valence electrons. The molecule has 28 heavy (non-hydrogen) atoms. The number of esters is 1. The molecule has 0 radical (unpaired) electrons. The van der Waals surface area contributed by atoms with Gasteiger partial charge in [-0.2, -0.15) is 0 Å². The lowest BCUT2D eigenvalue weighted by atomic mass is 10.1. The number of hydrogen-bond acceptors (Lipinski definition) is 4. The van der Waals surface area contributed by atoms with Gasteiger partial charge in [-0.05, 0) is 43.7 Å². The first kappa shape index (κ1) is 21.2. The predicted molar refractivity (Wildman–Crippen MR) is 107 cm³/mol.